The van der Waals surface area contributed by atoms with E-state index in [0.717, 1.165) is 0 Å². The molecule has 2 aromatic rings. The summed E-state index contributed by atoms with van der Waals surface area (Å²) in [5.41, 5.74) is 1.96. The number of benzene rings is 2. The van der Waals surface area contributed by atoms with Gasteiger partial charge in [0.2, 0.25) is 6.54 Å². The van der Waals surface area contributed by atoms with Gasteiger partial charge in [0.15, 0.2) is 0 Å². The number of nitro benzene ring substituents is 1. The van der Waals surface area contributed by atoms with Crippen LogP contribution in [0, 0.1) is 20.2 Å². The third-order valence-corrected chi connectivity index (χ3v) is 3.91. The molecule has 0 N–H and O–H groups in total. The van der Waals surface area contributed by atoms with E-state index >= 15 is 0 Å². The van der Waals surface area contributed by atoms with Crippen LogP contribution >= 0.6 is 11.6 Å². The lowest BCUT2D eigenvalue weighted by Crippen LogP contribution is -2.16. The zero-order valence-corrected chi connectivity index (χ0v) is 13.5. The van der Waals surface area contributed by atoms with E-state index in [-0.39, 0.29) is 17.9 Å². The smallest absolute Gasteiger partial charge is 0.270 e. The second kappa shape index (κ2) is 6.78. The quantitative estimate of drug-likeness (QED) is 0.615. The van der Waals surface area contributed by atoms with Crippen molar-refractivity contribution in [3.63, 3.8) is 0 Å². The number of aliphatic imine (C=N–C) groups is 2. The highest BCUT2D eigenvalue weighted by Gasteiger charge is 2.22. The maximum atomic E-state index is 11.1. The van der Waals surface area contributed by atoms with E-state index in [9.17, 15) is 20.2 Å². The minimum atomic E-state index is -0.517. The summed E-state index contributed by atoms with van der Waals surface area (Å²) in [4.78, 5) is 29.6. The first-order valence-corrected chi connectivity index (χ1v) is 7.60. The van der Waals surface area contributed by atoms with Gasteiger partial charge in [-0.3, -0.25) is 25.2 Å². The van der Waals surface area contributed by atoms with Gasteiger partial charge in [-0.15, -0.1) is 0 Å². The molecule has 0 unspecified atom stereocenters. The van der Waals surface area contributed by atoms with Crippen molar-refractivity contribution in [2.45, 2.75) is 0 Å². The molecule has 0 saturated heterocycles. The van der Waals surface area contributed by atoms with Crippen LogP contribution in [-0.2, 0) is 0 Å². The fraction of sp³-hybridized carbons (Fsp3) is 0.125. The van der Waals surface area contributed by atoms with E-state index in [1.807, 2.05) is 0 Å². The monoisotopic (exact) mass is 358 g/mol. The first-order valence-electron chi connectivity index (χ1n) is 7.22. The van der Waals surface area contributed by atoms with E-state index in [0.29, 0.717) is 27.5 Å². The van der Waals surface area contributed by atoms with Crippen LogP contribution in [0.25, 0.3) is 0 Å². The highest BCUT2D eigenvalue weighted by molar-refractivity contribution is 6.36. The SMILES string of the molecule is O=[N+]([O-])CC1=Nc2ccc([N+](=O)[O-])cc2C(c2ccccc2Cl)=NC1. The van der Waals surface area contributed by atoms with Crippen LogP contribution in [0.3, 0.4) is 0 Å². The zero-order valence-electron chi connectivity index (χ0n) is 12.8. The fourth-order valence-corrected chi connectivity index (χ4v) is 2.73. The van der Waals surface area contributed by atoms with E-state index in [1.165, 1.54) is 18.2 Å². The molecule has 0 aliphatic carbocycles. The second-order valence-corrected chi connectivity index (χ2v) is 5.68. The van der Waals surface area contributed by atoms with E-state index < -0.39 is 16.4 Å². The average molecular weight is 359 g/mol. The fourth-order valence-electron chi connectivity index (χ4n) is 2.50. The molecule has 0 fully saturated rings. The number of nitro groups is 2. The summed E-state index contributed by atoms with van der Waals surface area (Å²) < 4.78 is 0. The molecule has 0 radical (unpaired) electrons. The number of non-ortho nitro benzene ring substituents is 1. The van der Waals surface area contributed by atoms with Crippen molar-refractivity contribution in [1.82, 2.24) is 0 Å². The third kappa shape index (κ3) is 3.53. The Labute approximate surface area is 146 Å². The molecular formula is C16H11ClN4O4. The third-order valence-electron chi connectivity index (χ3n) is 3.58. The van der Waals surface area contributed by atoms with Gasteiger partial charge >= 0.3 is 0 Å². The Morgan fingerprint density at radius 1 is 1.08 bits per heavy atom. The van der Waals surface area contributed by atoms with Gasteiger partial charge in [0.05, 0.1) is 22.9 Å². The number of fused-ring (bicyclic) bond motifs is 1. The Balaban J connectivity index is 2.20. The molecule has 0 bridgehead atoms. The molecule has 2 aromatic carbocycles. The predicted molar refractivity (Wildman–Crippen MR) is 94.0 cm³/mol. The lowest BCUT2D eigenvalue weighted by molar-refractivity contribution is -0.463. The highest BCUT2D eigenvalue weighted by Crippen LogP contribution is 2.31. The maximum absolute atomic E-state index is 11.1. The minimum Gasteiger partial charge on any atom is -0.278 e. The predicted octanol–water partition coefficient (Wildman–Crippen LogP) is 3.45. The Bertz CT molecular complexity index is 939. The van der Waals surface area contributed by atoms with Crippen molar-refractivity contribution in [3.8, 4) is 0 Å². The number of halogens is 1. The van der Waals surface area contributed by atoms with Gasteiger partial charge in [-0.25, -0.2) is 4.99 Å². The van der Waals surface area contributed by atoms with Gasteiger partial charge in [-0.05, 0) is 12.1 Å². The normalized spacial score (nSPS) is 13.3. The maximum Gasteiger partial charge on any atom is 0.270 e. The van der Waals surface area contributed by atoms with Crippen molar-refractivity contribution in [3.05, 3.63) is 78.8 Å². The molecule has 9 heteroatoms. The first-order chi connectivity index (χ1) is 12.0. The van der Waals surface area contributed by atoms with Crippen LogP contribution in [0.1, 0.15) is 11.1 Å². The Hall–Kier alpha value is -3.13. The molecule has 25 heavy (non-hydrogen) atoms. The van der Waals surface area contributed by atoms with Crippen molar-refractivity contribution in [2.24, 2.45) is 9.98 Å². The molecule has 0 aromatic heterocycles. The summed E-state index contributed by atoms with van der Waals surface area (Å²) in [7, 11) is 0. The van der Waals surface area contributed by atoms with Crippen molar-refractivity contribution < 1.29 is 9.85 Å². The molecule has 0 spiro atoms. The molecule has 8 nitrogen and oxygen atoms in total. The zero-order chi connectivity index (χ0) is 18.0. The van der Waals surface area contributed by atoms with Crippen LogP contribution < -0.4 is 0 Å². The van der Waals surface area contributed by atoms with E-state index in [4.69, 9.17) is 11.6 Å². The molecule has 1 aliphatic rings. The summed E-state index contributed by atoms with van der Waals surface area (Å²) in [5, 5.41) is 22.3. The van der Waals surface area contributed by atoms with Crippen LogP contribution in [0.15, 0.2) is 52.4 Å². The average Bonchev–Trinajstić information content (AvgIpc) is 2.73. The van der Waals surface area contributed by atoms with Gasteiger partial charge in [-0.2, -0.15) is 0 Å². The number of hydrogen-bond donors (Lipinski definition) is 0. The van der Waals surface area contributed by atoms with Crippen LogP contribution in [0.4, 0.5) is 11.4 Å². The van der Waals surface area contributed by atoms with Gasteiger partial charge < -0.3 is 0 Å². The number of rotatable bonds is 4. The topological polar surface area (TPSA) is 111 Å². The lowest BCUT2D eigenvalue weighted by Gasteiger charge is -2.09. The summed E-state index contributed by atoms with van der Waals surface area (Å²) in [6.07, 6.45) is 0. The number of hydrogen-bond acceptors (Lipinski definition) is 6. The van der Waals surface area contributed by atoms with E-state index in [1.54, 1.807) is 24.3 Å². The van der Waals surface area contributed by atoms with E-state index in [2.05, 4.69) is 9.98 Å². The lowest BCUT2D eigenvalue weighted by atomic mass is 10.00. The molecule has 0 atom stereocenters. The van der Waals surface area contributed by atoms with Crippen molar-refractivity contribution in [1.29, 1.82) is 0 Å². The van der Waals surface area contributed by atoms with Crippen molar-refractivity contribution in [2.75, 3.05) is 13.1 Å². The highest BCUT2D eigenvalue weighted by atomic mass is 35.5. The molecule has 0 amide bonds. The van der Waals surface area contributed by atoms with Gasteiger partial charge in [0.1, 0.15) is 5.71 Å². The van der Waals surface area contributed by atoms with Gasteiger partial charge in [0, 0.05) is 33.2 Å². The molecule has 0 saturated carbocycles. The minimum absolute atomic E-state index is 0.0179. The molecule has 1 heterocycles. The second-order valence-electron chi connectivity index (χ2n) is 5.27. The summed E-state index contributed by atoms with van der Waals surface area (Å²) >= 11 is 6.24. The van der Waals surface area contributed by atoms with Crippen LogP contribution in [0.2, 0.25) is 5.02 Å². The van der Waals surface area contributed by atoms with Gasteiger partial charge in [-0.1, -0.05) is 29.8 Å². The van der Waals surface area contributed by atoms with Gasteiger partial charge in [0.25, 0.3) is 5.69 Å². The molecule has 126 valence electrons. The molecule has 1 aliphatic heterocycles. The molecular weight excluding hydrogens is 348 g/mol. The standard InChI is InChI=1S/C16H11ClN4O4/c17-14-4-2-1-3-12(14)16-13-7-11(21(24)25)5-6-15(13)19-10(8-18-16)9-20(22)23/h1-7H,8-9H2. The molecule has 3 rings (SSSR count). The Kier molecular flexibility index (Phi) is 4.53. The van der Waals surface area contributed by atoms with Crippen LogP contribution in [0.5, 0.6) is 0 Å². The Morgan fingerprint density at radius 3 is 2.52 bits per heavy atom. The number of nitrogens with zero attached hydrogens (tertiary/aromatic N) is 4. The summed E-state index contributed by atoms with van der Waals surface area (Å²) in [6, 6.07) is 11.1. The van der Waals surface area contributed by atoms with Crippen molar-refractivity contribution >= 4 is 34.4 Å². The summed E-state index contributed by atoms with van der Waals surface area (Å²) in [5.74, 6) is 0. The van der Waals surface area contributed by atoms with Crippen LogP contribution in [-0.4, -0.2) is 34.4 Å². The Morgan fingerprint density at radius 2 is 1.84 bits per heavy atom. The summed E-state index contributed by atoms with van der Waals surface area (Å²) in [6.45, 7) is -0.431. The first kappa shape index (κ1) is 16.7. The largest absolute Gasteiger partial charge is 0.278 e.